The monoisotopic (exact) mass is 290 g/mol. The molecule has 0 saturated carbocycles. The molecule has 0 bridgehead atoms. The van der Waals surface area contributed by atoms with Crippen LogP contribution in [0.5, 0.6) is 11.6 Å². The fraction of sp³-hybridized carbons (Fsp3) is 0.375. The first-order valence-corrected chi connectivity index (χ1v) is 7.16. The van der Waals surface area contributed by atoms with E-state index in [-0.39, 0.29) is 5.92 Å². The highest BCUT2D eigenvalue weighted by molar-refractivity contribution is 6.29. The van der Waals surface area contributed by atoms with E-state index in [2.05, 4.69) is 35.9 Å². The van der Waals surface area contributed by atoms with Crippen molar-refractivity contribution >= 4 is 11.6 Å². The lowest BCUT2D eigenvalue weighted by Crippen LogP contribution is -1.99. The zero-order chi connectivity index (χ0) is 14.7. The molecule has 0 N–H and O–H groups in total. The van der Waals surface area contributed by atoms with Crippen molar-refractivity contribution in [1.82, 2.24) is 9.97 Å². The van der Waals surface area contributed by atoms with Crippen LogP contribution in [0.25, 0.3) is 0 Å². The summed E-state index contributed by atoms with van der Waals surface area (Å²) in [6, 6.07) is 9.64. The van der Waals surface area contributed by atoms with Crippen molar-refractivity contribution in [3.05, 3.63) is 46.9 Å². The van der Waals surface area contributed by atoms with E-state index in [1.165, 1.54) is 5.56 Å². The summed E-state index contributed by atoms with van der Waals surface area (Å²) in [5.41, 5.74) is 1.28. The van der Waals surface area contributed by atoms with Gasteiger partial charge in [0.1, 0.15) is 16.7 Å². The Kier molecular flexibility index (Phi) is 4.61. The maximum absolute atomic E-state index is 6.00. The fourth-order valence-corrected chi connectivity index (χ4v) is 1.95. The SMILES string of the molecule is CC(C)c1ccc(Oc2cc(Cl)nc(C(C)C)n2)cc1. The molecule has 1 aromatic heterocycles. The molecule has 1 aromatic carbocycles. The van der Waals surface area contributed by atoms with Crippen molar-refractivity contribution in [1.29, 1.82) is 0 Å². The molecule has 106 valence electrons. The molecule has 2 rings (SSSR count). The highest BCUT2D eigenvalue weighted by atomic mass is 35.5. The first kappa shape index (κ1) is 14.8. The van der Waals surface area contributed by atoms with E-state index in [4.69, 9.17) is 16.3 Å². The van der Waals surface area contributed by atoms with E-state index in [1.54, 1.807) is 6.07 Å². The van der Waals surface area contributed by atoms with Gasteiger partial charge in [-0.1, -0.05) is 51.4 Å². The Morgan fingerprint density at radius 1 is 0.950 bits per heavy atom. The van der Waals surface area contributed by atoms with Crippen LogP contribution in [0.2, 0.25) is 5.15 Å². The minimum absolute atomic E-state index is 0.208. The van der Waals surface area contributed by atoms with Crippen molar-refractivity contribution in [3.8, 4) is 11.6 Å². The van der Waals surface area contributed by atoms with Crippen LogP contribution in [0, 0.1) is 0 Å². The van der Waals surface area contributed by atoms with Crippen LogP contribution in [-0.2, 0) is 0 Å². The van der Waals surface area contributed by atoms with Gasteiger partial charge >= 0.3 is 0 Å². The number of ether oxygens (including phenoxy) is 1. The van der Waals surface area contributed by atoms with Crippen LogP contribution in [-0.4, -0.2) is 9.97 Å². The first-order valence-electron chi connectivity index (χ1n) is 6.78. The van der Waals surface area contributed by atoms with E-state index in [0.717, 1.165) is 5.75 Å². The van der Waals surface area contributed by atoms with Crippen LogP contribution < -0.4 is 4.74 Å². The zero-order valence-corrected chi connectivity index (χ0v) is 13.0. The van der Waals surface area contributed by atoms with Crippen LogP contribution >= 0.6 is 11.6 Å². The largest absolute Gasteiger partial charge is 0.439 e. The minimum Gasteiger partial charge on any atom is -0.439 e. The van der Waals surface area contributed by atoms with Crippen LogP contribution in [0.15, 0.2) is 30.3 Å². The van der Waals surface area contributed by atoms with Crippen molar-refractivity contribution < 1.29 is 4.74 Å². The number of benzene rings is 1. The fourth-order valence-electron chi connectivity index (χ4n) is 1.77. The van der Waals surface area contributed by atoms with E-state index >= 15 is 0 Å². The molecule has 0 saturated heterocycles. The molecule has 0 spiro atoms. The standard InChI is InChI=1S/C16H19ClN2O/c1-10(2)12-5-7-13(8-6-12)20-15-9-14(17)18-16(19-15)11(3)4/h5-11H,1-4H3. The maximum Gasteiger partial charge on any atom is 0.224 e. The lowest BCUT2D eigenvalue weighted by Gasteiger charge is -2.10. The molecule has 0 aliphatic rings. The van der Waals surface area contributed by atoms with Gasteiger partial charge in [-0.2, -0.15) is 4.98 Å². The molecule has 0 fully saturated rings. The van der Waals surface area contributed by atoms with Gasteiger partial charge < -0.3 is 4.74 Å². The van der Waals surface area contributed by atoms with Crippen molar-refractivity contribution in [3.63, 3.8) is 0 Å². The molecular weight excluding hydrogens is 272 g/mol. The second kappa shape index (κ2) is 6.23. The predicted octanol–water partition coefficient (Wildman–Crippen LogP) is 5.17. The number of nitrogens with zero attached hydrogens (tertiary/aromatic N) is 2. The summed E-state index contributed by atoms with van der Waals surface area (Å²) in [7, 11) is 0. The molecule has 20 heavy (non-hydrogen) atoms. The van der Waals surface area contributed by atoms with Gasteiger partial charge in [-0.3, -0.25) is 0 Å². The minimum atomic E-state index is 0.208. The number of hydrogen-bond acceptors (Lipinski definition) is 3. The average molecular weight is 291 g/mol. The van der Waals surface area contributed by atoms with Gasteiger partial charge in [-0.05, 0) is 23.6 Å². The van der Waals surface area contributed by atoms with Crippen molar-refractivity contribution in [2.24, 2.45) is 0 Å². The molecule has 4 heteroatoms. The lowest BCUT2D eigenvalue weighted by atomic mass is 10.0. The molecule has 0 aliphatic carbocycles. The molecule has 0 unspecified atom stereocenters. The quantitative estimate of drug-likeness (QED) is 0.729. The van der Waals surface area contributed by atoms with Gasteiger partial charge in [0.25, 0.3) is 0 Å². The maximum atomic E-state index is 6.00. The summed E-state index contributed by atoms with van der Waals surface area (Å²) < 4.78 is 5.75. The number of halogens is 1. The summed E-state index contributed by atoms with van der Waals surface area (Å²) in [6.45, 7) is 8.36. The van der Waals surface area contributed by atoms with Crippen LogP contribution in [0.1, 0.15) is 50.9 Å². The molecule has 3 nitrogen and oxygen atoms in total. The van der Waals surface area contributed by atoms with E-state index in [1.807, 2.05) is 26.0 Å². The van der Waals surface area contributed by atoms with Gasteiger partial charge in [0.15, 0.2) is 0 Å². The number of aromatic nitrogens is 2. The van der Waals surface area contributed by atoms with E-state index < -0.39 is 0 Å². The molecule has 1 heterocycles. The Morgan fingerprint density at radius 3 is 2.15 bits per heavy atom. The van der Waals surface area contributed by atoms with Crippen LogP contribution in [0.4, 0.5) is 0 Å². The Morgan fingerprint density at radius 2 is 1.60 bits per heavy atom. The lowest BCUT2D eigenvalue weighted by molar-refractivity contribution is 0.456. The third-order valence-corrected chi connectivity index (χ3v) is 3.17. The normalized spacial score (nSPS) is 11.2. The highest BCUT2D eigenvalue weighted by Crippen LogP contribution is 2.25. The van der Waals surface area contributed by atoms with Gasteiger partial charge in [0, 0.05) is 12.0 Å². The molecule has 0 atom stereocenters. The first-order chi connectivity index (χ1) is 9.45. The Hall–Kier alpha value is -1.61. The molecule has 2 aromatic rings. The molecule has 0 amide bonds. The number of hydrogen-bond donors (Lipinski definition) is 0. The van der Waals surface area contributed by atoms with Gasteiger partial charge in [0.05, 0.1) is 0 Å². The Balaban J connectivity index is 2.21. The topological polar surface area (TPSA) is 35.0 Å². The van der Waals surface area contributed by atoms with E-state index in [0.29, 0.717) is 22.8 Å². The third kappa shape index (κ3) is 3.70. The molecule has 0 aliphatic heterocycles. The Labute approximate surface area is 125 Å². The average Bonchev–Trinajstić information content (AvgIpc) is 2.38. The number of rotatable bonds is 4. The van der Waals surface area contributed by atoms with Crippen molar-refractivity contribution in [2.45, 2.75) is 39.5 Å². The summed E-state index contributed by atoms with van der Waals surface area (Å²) in [5, 5.41) is 0.400. The van der Waals surface area contributed by atoms with Gasteiger partial charge in [0.2, 0.25) is 5.88 Å². The highest BCUT2D eigenvalue weighted by Gasteiger charge is 2.09. The van der Waals surface area contributed by atoms with Gasteiger partial charge in [-0.15, -0.1) is 0 Å². The molecular formula is C16H19ClN2O. The van der Waals surface area contributed by atoms with Gasteiger partial charge in [-0.25, -0.2) is 4.98 Å². The Bertz CT molecular complexity index is 580. The zero-order valence-electron chi connectivity index (χ0n) is 12.2. The second-order valence-electron chi connectivity index (χ2n) is 5.37. The third-order valence-electron chi connectivity index (χ3n) is 2.97. The molecule has 0 radical (unpaired) electrons. The summed E-state index contributed by atoms with van der Waals surface area (Å²) in [6.07, 6.45) is 0. The van der Waals surface area contributed by atoms with Crippen LogP contribution in [0.3, 0.4) is 0 Å². The van der Waals surface area contributed by atoms with Crippen molar-refractivity contribution in [2.75, 3.05) is 0 Å². The van der Waals surface area contributed by atoms with E-state index in [9.17, 15) is 0 Å². The summed E-state index contributed by atoms with van der Waals surface area (Å²) >= 11 is 6.00. The summed E-state index contributed by atoms with van der Waals surface area (Å²) in [5.74, 6) is 2.63. The smallest absolute Gasteiger partial charge is 0.224 e. The second-order valence-corrected chi connectivity index (χ2v) is 5.75. The predicted molar refractivity (Wildman–Crippen MR) is 81.7 cm³/mol. The summed E-state index contributed by atoms with van der Waals surface area (Å²) in [4.78, 5) is 8.55.